The van der Waals surface area contributed by atoms with Gasteiger partial charge >= 0.3 is 0 Å². The lowest BCUT2D eigenvalue weighted by molar-refractivity contribution is 0.126. The highest BCUT2D eigenvalue weighted by atomic mass is 16.5. The summed E-state index contributed by atoms with van der Waals surface area (Å²) in [6, 6.07) is 0. The van der Waals surface area contributed by atoms with Crippen LogP contribution in [0.15, 0.2) is 0 Å². The summed E-state index contributed by atoms with van der Waals surface area (Å²) in [5.41, 5.74) is 0. The Morgan fingerprint density at radius 1 is 0.688 bits per heavy atom. The van der Waals surface area contributed by atoms with E-state index in [1.807, 2.05) is 0 Å². The minimum Gasteiger partial charge on any atom is -0.381 e. The van der Waals surface area contributed by atoms with E-state index in [0.29, 0.717) is 0 Å². The van der Waals surface area contributed by atoms with Gasteiger partial charge in [0.05, 0.1) is 0 Å². The number of unbranched alkanes of at least 4 members (excludes halogenated alkanes) is 5. The van der Waals surface area contributed by atoms with Crippen LogP contribution < -0.4 is 5.32 Å². The molecule has 16 heavy (non-hydrogen) atoms. The van der Waals surface area contributed by atoms with Gasteiger partial charge in [0.2, 0.25) is 0 Å². The second-order valence-corrected chi connectivity index (χ2v) is 4.48. The van der Waals surface area contributed by atoms with Gasteiger partial charge in [0.15, 0.2) is 0 Å². The molecule has 0 spiro atoms. The first-order chi connectivity index (χ1) is 7.91. The third kappa shape index (κ3) is 13.9. The van der Waals surface area contributed by atoms with E-state index < -0.39 is 0 Å². The fourth-order valence-electron chi connectivity index (χ4n) is 1.67. The van der Waals surface area contributed by atoms with Crippen molar-refractivity contribution in [2.75, 3.05) is 26.3 Å². The van der Waals surface area contributed by atoms with E-state index in [1.165, 1.54) is 64.5 Å². The SMILES string of the molecule is CCCCCOCCCCCCNCCC. The van der Waals surface area contributed by atoms with Crippen LogP contribution in [0.4, 0.5) is 0 Å². The zero-order chi connectivity index (χ0) is 11.9. The molecule has 0 rings (SSSR count). The van der Waals surface area contributed by atoms with Gasteiger partial charge < -0.3 is 10.1 Å². The van der Waals surface area contributed by atoms with Gasteiger partial charge in [-0.25, -0.2) is 0 Å². The normalized spacial score (nSPS) is 10.9. The molecule has 2 nitrogen and oxygen atoms in total. The predicted molar refractivity (Wildman–Crippen MR) is 72.0 cm³/mol. The maximum absolute atomic E-state index is 5.57. The summed E-state index contributed by atoms with van der Waals surface area (Å²) in [5.74, 6) is 0. The lowest BCUT2D eigenvalue weighted by Gasteiger charge is -2.04. The average molecular weight is 229 g/mol. The number of ether oxygens (including phenoxy) is 1. The zero-order valence-electron chi connectivity index (χ0n) is 11.4. The molecule has 0 atom stereocenters. The van der Waals surface area contributed by atoms with Crippen LogP contribution in [-0.2, 0) is 4.74 Å². The van der Waals surface area contributed by atoms with E-state index in [0.717, 1.165) is 13.2 Å². The number of rotatable bonds is 13. The van der Waals surface area contributed by atoms with Crippen molar-refractivity contribution in [3.8, 4) is 0 Å². The molecule has 0 saturated carbocycles. The first-order valence-corrected chi connectivity index (χ1v) is 7.20. The molecule has 0 aromatic carbocycles. The van der Waals surface area contributed by atoms with Crippen LogP contribution >= 0.6 is 0 Å². The molecule has 0 aromatic heterocycles. The molecule has 0 aromatic rings. The van der Waals surface area contributed by atoms with Gasteiger partial charge in [0.25, 0.3) is 0 Å². The summed E-state index contributed by atoms with van der Waals surface area (Å²) in [6.45, 7) is 8.72. The van der Waals surface area contributed by atoms with E-state index in [1.54, 1.807) is 0 Å². The maximum atomic E-state index is 5.57. The van der Waals surface area contributed by atoms with Crippen molar-refractivity contribution in [2.24, 2.45) is 0 Å². The predicted octanol–water partition coefficient (Wildman–Crippen LogP) is 3.75. The molecular weight excluding hydrogens is 198 g/mol. The molecule has 0 unspecified atom stereocenters. The summed E-state index contributed by atoms with van der Waals surface area (Å²) in [4.78, 5) is 0. The van der Waals surface area contributed by atoms with Gasteiger partial charge in [0.1, 0.15) is 0 Å². The Hall–Kier alpha value is -0.0800. The minimum atomic E-state index is 0.964. The molecule has 98 valence electrons. The minimum absolute atomic E-state index is 0.964. The van der Waals surface area contributed by atoms with Gasteiger partial charge in [0, 0.05) is 13.2 Å². The Morgan fingerprint density at radius 3 is 2.06 bits per heavy atom. The lowest BCUT2D eigenvalue weighted by Crippen LogP contribution is -2.15. The van der Waals surface area contributed by atoms with Crippen LogP contribution in [0.5, 0.6) is 0 Å². The quantitative estimate of drug-likeness (QED) is 0.486. The van der Waals surface area contributed by atoms with Crippen molar-refractivity contribution in [3.05, 3.63) is 0 Å². The molecule has 0 saturated heterocycles. The summed E-state index contributed by atoms with van der Waals surface area (Å²) in [7, 11) is 0. The average Bonchev–Trinajstić information content (AvgIpc) is 2.31. The van der Waals surface area contributed by atoms with E-state index in [9.17, 15) is 0 Å². The molecule has 0 heterocycles. The standard InChI is InChI=1S/C14H31NO/c1-3-5-9-13-16-14-10-7-6-8-12-15-11-4-2/h15H,3-14H2,1-2H3. The highest BCUT2D eigenvalue weighted by Crippen LogP contribution is 2.00. The summed E-state index contributed by atoms with van der Waals surface area (Å²) in [5, 5.41) is 3.43. The summed E-state index contributed by atoms with van der Waals surface area (Å²) in [6.07, 6.45) is 10.3. The van der Waals surface area contributed by atoms with Gasteiger partial charge in [-0.05, 0) is 38.8 Å². The first-order valence-electron chi connectivity index (χ1n) is 7.20. The highest BCUT2D eigenvalue weighted by molar-refractivity contribution is 4.48. The molecule has 0 bridgehead atoms. The Labute approximate surface area is 102 Å². The smallest absolute Gasteiger partial charge is 0.0466 e. The Kier molecular flexibility index (Phi) is 14.8. The van der Waals surface area contributed by atoms with Crippen LogP contribution in [0.3, 0.4) is 0 Å². The van der Waals surface area contributed by atoms with E-state index >= 15 is 0 Å². The monoisotopic (exact) mass is 229 g/mol. The number of hydrogen-bond donors (Lipinski definition) is 1. The Morgan fingerprint density at radius 2 is 1.38 bits per heavy atom. The van der Waals surface area contributed by atoms with Crippen molar-refractivity contribution < 1.29 is 4.74 Å². The molecule has 0 aliphatic carbocycles. The Balaban J connectivity index is 2.83. The largest absolute Gasteiger partial charge is 0.381 e. The zero-order valence-corrected chi connectivity index (χ0v) is 11.4. The molecule has 0 fully saturated rings. The third-order valence-electron chi connectivity index (χ3n) is 2.71. The molecule has 0 radical (unpaired) electrons. The van der Waals surface area contributed by atoms with Crippen LogP contribution in [0, 0.1) is 0 Å². The summed E-state index contributed by atoms with van der Waals surface area (Å²) < 4.78 is 5.57. The van der Waals surface area contributed by atoms with Crippen LogP contribution in [0.25, 0.3) is 0 Å². The molecule has 0 aliphatic heterocycles. The van der Waals surface area contributed by atoms with Crippen LogP contribution in [0.2, 0.25) is 0 Å². The number of nitrogens with one attached hydrogen (secondary N) is 1. The third-order valence-corrected chi connectivity index (χ3v) is 2.71. The van der Waals surface area contributed by atoms with Gasteiger partial charge in [-0.1, -0.05) is 39.5 Å². The molecule has 2 heteroatoms. The van der Waals surface area contributed by atoms with Gasteiger partial charge in [-0.2, -0.15) is 0 Å². The van der Waals surface area contributed by atoms with Crippen molar-refractivity contribution in [1.82, 2.24) is 5.32 Å². The Bertz CT molecular complexity index is 103. The van der Waals surface area contributed by atoms with E-state index in [4.69, 9.17) is 4.74 Å². The van der Waals surface area contributed by atoms with Crippen molar-refractivity contribution in [3.63, 3.8) is 0 Å². The van der Waals surface area contributed by atoms with Crippen LogP contribution in [0.1, 0.15) is 65.2 Å². The van der Waals surface area contributed by atoms with E-state index in [2.05, 4.69) is 19.2 Å². The highest BCUT2D eigenvalue weighted by Gasteiger charge is 1.91. The second kappa shape index (κ2) is 14.9. The second-order valence-electron chi connectivity index (χ2n) is 4.48. The molecule has 0 amide bonds. The maximum Gasteiger partial charge on any atom is 0.0466 e. The van der Waals surface area contributed by atoms with Crippen LogP contribution in [-0.4, -0.2) is 26.3 Å². The lowest BCUT2D eigenvalue weighted by atomic mass is 10.2. The fourth-order valence-corrected chi connectivity index (χ4v) is 1.67. The molecule has 1 N–H and O–H groups in total. The topological polar surface area (TPSA) is 21.3 Å². The first kappa shape index (κ1) is 15.9. The van der Waals surface area contributed by atoms with Crippen molar-refractivity contribution in [1.29, 1.82) is 0 Å². The summed E-state index contributed by atoms with van der Waals surface area (Å²) >= 11 is 0. The van der Waals surface area contributed by atoms with Crippen molar-refractivity contribution >= 4 is 0 Å². The van der Waals surface area contributed by atoms with E-state index in [-0.39, 0.29) is 0 Å². The van der Waals surface area contributed by atoms with Gasteiger partial charge in [-0.3, -0.25) is 0 Å². The molecule has 0 aliphatic rings. The van der Waals surface area contributed by atoms with Gasteiger partial charge in [-0.15, -0.1) is 0 Å². The molecular formula is C14H31NO. The number of hydrogen-bond acceptors (Lipinski definition) is 2. The fraction of sp³-hybridized carbons (Fsp3) is 1.00. The van der Waals surface area contributed by atoms with Crippen molar-refractivity contribution in [2.45, 2.75) is 65.2 Å².